The van der Waals surface area contributed by atoms with E-state index in [2.05, 4.69) is 10.3 Å². The highest BCUT2D eigenvalue weighted by Gasteiger charge is 2.40. The van der Waals surface area contributed by atoms with Gasteiger partial charge in [-0.25, -0.2) is 0 Å². The molecule has 2 heterocycles. The summed E-state index contributed by atoms with van der Waals surface area (Å²) in [5, 5.41) is 15.0. The van der Waals surface area contributed by atoms with Gasteiger partial charge in [0.1, 0.15) is 11.6 Å². The Morgan fingerprint density at radius 3 is 2.89 bits per heavy atom. The number of nitrogens with two attached hydrogens (primary N) is 1. The van der Waals surface area contributed by atoms with Crippen LogP contribution in [0.4, 0.5) is 17.2 Å². The lowest BCUT2D eigenvalue weighted by Crippen LogP contribution is -2.55. The number of benzene rings is 2. The van der Waals surface area contributed by atoms with Crippen LogP contribution in [0.25, 0.3) is 10.8 Å². The molecule has 0 bridgehead atoms. The van der Waals surface area contributed by atoms with Crippen LogP contribution < -0.4 is 20.7 Å². The zero-order chi connectivity index (χ0) is 25.9. The van der Waals surface area contributed by atoms with Gasteiger partial charge in [-0.15, -0.1) is 0 Å². The minimum atomic E-state index is -1.71. The summed E-state index contributed by atoms with van der Waals surface area (Å²) >= 11 is 0. The van der Waals surface area contributed by atoms with Crippen molar-refractivity contribution >= 4 is 39.8 Å². The highest BCUT2D eigenvalue weighted by Crippen LogP contribution is 2.31. The molecule has 2 aromatic carbocycles. The number of aromatic amines is 1. The predicted octanol–water partition coefficient (Wildman–Crippen LogP) is 2.68. The van der Waals surface area contributed by atoms with Gasteiger partial charge in [0.25, 0.3) is 11.8 Å². The number of hydrogen-bond acceptors (Lipinski definition) is 7. The number of nitrogen functional groups attached to an aromatic ring is 1. The van der Waals surface area contributed by atoms with Gasteiger partial charge in [0.2, 0.25) is 0 Å². The van der Waals surface area contributed by atoms with Crippen LogP contribution in [0.1, 0.15) is 20.3 Å². The third kappa shape index (κ3) is 5.46. The lowest BCUT2D eigenvalue weighted by molar-refractivity contribution is -0.150. The molecule has 0 unspecified atom stereocenters. The number of aromatic nitrogens is 1. The Balaban J connectivity index is 1.45. The van der Waals surface area contributed by atoms with Crippen LogP contribution in [0, 0.1) is 0 Å². The van der Waals surface area contributed by atoms with Crippen molar-refractivity contribution in [3.63, 3.8) is 0 Å². The summed E-state index contributed by atoms with van der Waals surface area (Å²) in [4.78, 5) is 30.5. The molecule has 1 fully saturated rings. The second-order valence-corrected chi connectivity index (χ2v) is 9.25. The monoisotopic (exact) mass is 496 g/mol. The fraction of sp³-hybridized carbons (Fsp3) is 0.385. The number of ether oxygens (including phenoxy) is 3. The first-order valence-corrected chi connectivity index (χ1v) is 11.8. The average Bonchev–Trinajstić information content (AvgIpc) is 3.24. The number of nitrogens with zero attached hydrogens (tertiary/aromatic N) is 1. The summed E-state index contributed by atoms with van der Waals surface area (Å²) in [7, 11) is 1.65. The molecule has 2 amide bonds. The molecule has 4 rings (SSSR count). The number of H-pyrrole nitrogens is 1. The Hall–Kier alpha value is -3.60. The number of para-hydroxylation sites is 2. The van der Waals surface area contributed by atoms with E-state index in [1.165, 1.54) is 4.90 Å². The van der Waals surface area contributed by atoms with Gasteiger partial charge in [0.05, 0.1) is 24.5 Å². The van der Waals surface area contributed by atoms with Crippen molar-refractivity contribution in [3.8, 4) is 5.75 Å². The van der Waals surface area contributed by atoms with E-state index >= 15 is 0 Å². The van der Waals surface area contributed by atoms with Crippen molar-refractivity contribution in [2.75, 3.05) is 42.8 Å². The fourth-order valence-corrected chi connectivity index (χ4v) is 3.97. The maximum Gasteiger partial charge on any atom is 0.259 e. The molecule has 0 saturated carbocycles. The molecule has 1 aliphatic heterocycles. The number of rotatable bonds is 9. The van der Waals surface area contributed by atoms with Crippen LogP contribution >= 0.6 is 0 Å². The molecular weight excluding hydrogens is 464 g/mol. The summed E-state index contributed by atoms with van der Waals surface area (Å²) in [5.41, 5.74) is 6.53. The molecule has 1 saturated heterocycles. The van der Waals surface area contributed by atoms with Crippen LogP contribution in [-0.4, -0.2) is 66.6 Å². The third-order valence-corrected chi connectivity index (χ3v) is 6.34. The van der Waals surface area contributed by atoms with Gasteiger partial charge in [0, 0.05) is 42.7 Å². The first kappa shape index (κ1) is 25.5. The van der Waals surface area contributed by atoms with Crippen LogP contribution in [0.2, 0.25) is 0 Å². The molecule has 5 N–H and O–H groups in total. The van der Waals surface area contributed by atoms with E-state index in [4.69, 9.17) is 19.9 Å². The van der Waals surface area contributed by atoms with E-state index < -0.39 is 24.0 Å². The largest absolute Gasteiger partial charge is 0.491 e. The highest BCUT2D eigenvalue weighted by molar-refractivity contribution is 6.05. The summed E-state index contributed by atoms with van der Waals surface area (Å²) in [6.07, 6.45) is -0.691. The zero-order valence-corrected chi connectivity index (χ0v) is 20.6. The van der Waals surface area contributed by atoms with E-state index in [-0.39, 0.29) is 18.8 Å². The molecule has 0 spiro atoms. The Morgan fingerprint density at radius 1 is 1.33 bits per heavy atom. The standard InChI is InChI=1S/C26H32N4O6/c1-26(2,34-3)10-12-35-20-7-5-4-6-19(20)30-11-13-36-22(25(30)33)21(31)24(32)29-17-8-9-18-16(14-17)15-28-23(18)27/h4-9,14-15,21-22,28,31H,10-13,27H2,1-3H3,(H,29,32)/t21-,22-/m1/s1. The topological polar surface area (TPSA) is 139 Å². The SMILES string of the molecule is COC(C)(C)CCOc1ccccc1N1CCO[C@H]([C@@H](O)C(=O)Nc2ccc3c(N)[nH]cc3c2)C1=O. The molecule has 3 aromatic rings. The highest BCUT2D eigenvalue weighted by atomic mass is 16.5. The summed E-state index contributed by atoms with van der Waals surface area (Å²) < 4.78 is 16.9. The second kappa shape index (κ2) is 10.6. The van der Waals surface area contributed by atoms with Crippen molar-refractivity contribution in [1.29, 1.82) is 0 Å². The molecule has 192 valence electrons. The van der Waals surface area contributed by atoms with Crippen LogP contribution in [0.5, 0.6) is 5.75 Å². The molecule has 1 aromatic heterocycles. The van der Waals surface area contributed by atoms with E-state index in [1.54, 1.807) is 49.7 Å². The fourth-order valence-electron chi connectivity index (χ4n) is 3.97. The zero-order valence-electron chi connectivity index (χ0n) is 20.6. The average molecular weight is 497 g/mol. The Kier molecular flexibility index (Phi) is 7.48. The number of carbonyl (C=O) groups excluding carboxylic acids is 2. The van der Waals surface area contributed by atoms with E-state index in [0.717, 1.165) is 10.8 Å². The number of anilines is 3. The molecule has 2 atom stereocenters. The van der Waals surface area contributed by atoms with Crippen molar-refractivity contribution in [1.82, 2.24) is 4.98 Å². The first-order chi connectivity index (χ1) is 17.2. The number of morpholine rings is 1. The lowest BCUT2D eigenvalue weighted by atomic mass is 10.1. The van der Waals surface area contributed by atoms with Crippen molar-refractivity contribution < 1.29 is 28.9 Å². The predicted molar refractivity (Wildman–Crippen MR) is 137 cm³/mol. The van der Waals surface area contributed by atoms with Gasteiger partial charge in [-0.1, -0.05) is 12.1 Å². The maximum atomic E-state index is 13.3. The van der Waals surface area contributed by atoms with Gasteiger partial charge in [0.15, 0.2) is 12.2 Å². The molecule has 0 radical (unpaired) electrons. The van der Waals surface area contributed by atoms with E-state index in [0.29, 0.717) is 36.0 Å². The molecule has 36 heavy (non-hydrogen) atoms. The van der Waals surface area contributed by atoms with Crippen molar-refractivity contribution in [2.45, 2.75) is 38.1 Å². The van der Waals surface area contributed by atoms with E-state index in [9.17, 15) is 14.7 Å². The third-order valence-electron chi connectivity index (χ3n) is 6.34. The van der Waals surface area contributed by atoms with Crippen molar-refractivity contribution in [3.05, 3.63) is 48.7 Å². The lowest BCUT2D eigenvalue weighted by Gasteiger charge is -2.34. The van der Waals surface area contributed by atoms with Crippen molar-refractivity contribution in [2.24, 2.45) is 0 Å². The minimum absolute atomic E-state index is 0.153. The molecule has 10 heteroatoms. The number of aliphatic hydroxyl groups excluding tert-OH is 1. The maximum absolute atomic E-state index is 13.3. The molecular formula is C26H32N4O6. The normalized spacial score (nSPS) is 17.3. The first-order valence-electron chi connectivity index (χ1n) is 11.8. The Labute approximate surface area is 209 Å². The Bertz CT molecular complexity index is 1240. The minimum Gasteiger partial charge on any atom is -0.491 e. The summed E-state index contributed by atoms with van der Waals surface area (Å²) in [6.45, 7) is 4.74. The van der Waals surface area contributed by atoms with Gasteiger partial charge in [-0.2, -0.15) is 0 Å². The quantitative estimate of drug-likeness (QED) is 0.357. The molecule has 10 nitrogen and oxygen atoms in total. The van der Waals surface area contributed by atoms with E-state index in [1.807, 2.05) is 19.9 Å². The number of hydrogen-bond donors (Lipinski definition) is 4. The molecule has 1 aliphatic rings. The van der Waals surface area contributed by atoms with Gasteiger partial charge in [-0.3, -0.25) is 9.59 Å². The van der Waals surface area contributed by atoms with Crippen LogP contribution in [0.3, 0.4) is 0 Å². The summed E-state index contributed by atoms with van der Waals surface area (Å²) in [5.74, 6) is -0.220. The number of fused-ring (bicyclic) bond motifs is 1. The van der Waals surface area contributed by atoms with Crippen LogP contribution in [0.15, 0.2) is 48.7 Å². The number of aliphatic hydroxyl groups is 1. The van der Waals surface area contributed by atoms with Gasteiger partial charge >= 0.3 is 0 Å². The molecule has 0 aliphatic carbocycles. The number of methoxy groups -OCH3 is 1. The Morgan fingerprint density at radius 2 is 2.11 bits per heavy atom. The number of carbonyl (C=O) groups is 2. The smallest absolute Gasteiger partial charge is 0.259 e. The number of amides is 2. The van der Waals surface area contributed by atoms with Gasteiger partial charge < -0.3 is 40.3 Å². The second-order valence-electron chi connectivity index (χ2n) is 9.25. The van der Waals surface area contributed by atoms with Gasteiger partial charge in [-0.05, 0) is 44.2 Å². The summed E-state index contributed by atoms with van der Waals surface area (Å²) in [6, 6.07) is 12.3. The van der Waals surface area contributed by atoms with Crippen LogP contribution in [-0.2, 0) is 19.1 Å². The number of nitrogens with one attached hydrogen (secondary N) is 2.